The van der Waals surface area contributed by atoms with Crippen LogP contribution in [0.2, 0.25) is 0 Å². The van der Waals surface area contributed by atoms with E-state index >= 15 is 0 Å². The molecule has 0 atom stereocenters. The normalized spacial score (nSPS) is 11.3. The Balaban J connectivity index is 1.97. The molecule has 27 heavy (non-hydrogen) atoms. The van der Waals surface area contributed by atoms with Gasteiger partial charge in [-0.1, -0.05) is 30.3 Å². The zero-order valence-electron chi connectivity index (χ0n) is 14.2. The van der Waals surface area contributed by atoms with Crippen molar-refractivity contribution in [2.75, 3.05) is 7.11 Å². The fourth-order valence-corrected chi connectivity index (χ4v) is 2.62. The van der Waals surface area contributed by atoms with E-state index in [2.05, 4.69) is 9.72 Å². The first-order valence-electron chi connectivity index (χ1n) is 7.92. The lowest BCUT2D eigenvalue weighted by Gasteiger charge is -2.10. The number of para-hydroxylation sites is 1. The molecule has 1 N–H and O–H groups in total. The summed E-state index contributed by atoms with van der Waals surface area (Å²) in [6.45, 7) is -2.97. The number of aromatic carboxylic acids is 1. The molecule has 0 radical (unpaired) electrons. The molecule has 5 nitrogen and oxygen atoms in total. The number of carboxylic acids is 1. The molecule has 0 unspecified atom stereocenters. The summed E-state index contributed by atoms with van der Waals surface area (Å²) in [7, 11) is 1.36. The van der Waals surface area contributed by atoms with Gasteiger partial charge in [-0.2, -0.15) is 8.78 Å². The number of hydrogen-bond donors (Lipinski definition) is 1. The zero-order valence-corrected chi connectivity index (χ0v) is 14.2. The Morgan fingerprint density at radius 3 is 2.59 bits per heavy atom. The Kier molecular flexibility index (Phi) is 5.30. The van der Waals surface area contributed by atoms with Gasteiger partial charge in [-0.3, -0.25) is 0 Å². The maximum absolute atomic E-state index is 12.5. The second-order valence-electron chi connectivity index (χ2n) is 5.54. The number of carbonyl (C=O) groups is 1. The molecule has 138 valence electrons. The molecule has 3 rings (SSSR count). The molecule has 0 aliphatic carbocycles. The van der Waals surface area contributed by atoms with Gasteiger partial charge >= 0.3 is 12.6 Å². The van der Waals surface area contributed by atoms with Crippen LogP contribution in [0.5, 0.6) is 11.5 Å². The summed E-state index contributed by atoms with van der Waals surface area (Å²) in [6.07, 6.45) is 3.23. The highest BCUT2D eigenvalue weighted by Crippen LogP contribution is 2.30. The average molecular weight is 371 g/mol. The number of rotatable bonds is 6. The number of hydrogen-bond acceptors (Lipinski definition) is 4. The molecule has 3 aromatic rings. The largest absolute Gasteiger partial charge is 0.493 e. The average Bonchev–Trinajstić information content (AvgIpc) is 2.65. The number of alkyl halides is 2. The Bertz CT molecular complexity index is 1020. The molecule has 0 fully saturated rings. The maximum atomic E-state index is 12.5. The molecule has 0 saturated carbocycles. The Morgan fingerprint density at radius 2 is 1.89 bits per heavy atom. The number of methoxy groups -OCH3 is 1. The number of ether oxygens (including phenoxy) is 2. The topological polar surface area (TPSA) is 68.7 Å². The molecule has 0 saturated heterocycles. The maximum Gasteiger partial charge on any atom is 0.387 e. The van der Waals surface area contributed by atoms with Crippen LogP contribution in [0.25, 0.3) is 23.1 Å². The Labute approximate surface area is 153 Å². The van der Waals surface area contributed by atoms with Gasteiger partial charge in [-0.25, -0.2) is 9.78 Å². The minimum absolute atomic E-state index is 0.0904. The molecular formula is C20H15F2NO4. The van der Waals surface area contributed by atoms with Gasteiger partial charge in [-0.15, -0.1) is 0 Å². The van der Waals surface area contributed by atoms with Gasteiger partial charge in [0.15, 0.2) is 11.5 Å². The SMILES string of the molecule is COc1ccc(/C=C/c2cc(C(=O)O)c3ccccc3n2)cc1OC(F)F. The van der Waals surface area contributed by atoms with Crippen LogP contribution in [0.3, 0.4) is 0 Å². The van der Waals surface area contributed by atoms with E-state index in [0.717, 1.165) is 0 Å². The predicted molar refractivity (Wildman–Crippen MR) is 97.3 cm³/mol. The molecule has 7 heteroatoms. The molecule has 1 heterocycles. The summed E-state index contributed by atoms with van der Waals surface area (Å²) in [4.78, 5) is 15.9. The van der Waals surface area contributed by atoms with Crippen LogP contribution in [0.1, 0.15) is 21.6 Å². The quantitative estimate of drug-likeness (QED) is 0.679. The molecule has 2 aromatic carbocycles. The summed E-state index contributed by atoms with van der Waals surface area (Å²) < 4.78 is 34.5. The van der Waals surface area contributed by atoms with Crippen molar-refractivity contribution >= 4 is 29.0 Å². The van der Waals surface area contributed by atoms with Crippen molar-refractivity contribution in [2.24, 2.45) is 0 Å². The number of aromatic nitrogens is 1. The summed E-state index contributed by atoms with van der Waals surface area (Å²) in [5.41, 5.74) is 1.68. The molecular weight excluding hydrogens is 356 g/mol. The van der Waals surface area contributed by atoms with Gasteiger partial charge in [-0.05, 0) is 35.9 Å². The van der Waals surface area contributed by atoms with Gasteiger partial charge in [0.1, 0.15) is 0 Å². The molecule has 0 aliphatic heterocycles. The van der Waals surface area contributed by atoms with Crippen molar-refractivity contribution in [3.63, 3.8) is 0 Å². The van der Waals surface area contributed by atoms with Crippen LogP contribution in [0, 0.1) is 0 Å². The van der Waals surface area contributed by atoms with E-state index in [9.17, 15) is 18.7 Å². The second kappa shape index (κ2) is 7.82. The molecule has 1 aromatic heterocycles. The third-order valence-corrected chi connectivity index (χ3v) is 3.82. The van der Waals surface area contributed by atoms with E-state index in [1.807, 2.05) is 0 Å². The molecule has 0 spiro atoms. The fraction of sp³-hybridized carbons (Fsp3) is 0.100. The predicted octanol–water partition coefficient (Wildman–Crippen LogP) is 4.71. The molecule has 0 amide bonds. The number of benzene rings is 2. The number of fused-ring (bicyclic) bond motifs is 1. The number of nitrogens with zero attached hydrogens (tertiary/aromatic N) is 1. The first-order chi connectivity index (χ1) is 13.0. The minimum Gasteiger partial charge on any atom is -0.493 e. The monoisotopic (exact) mass is 371 g/mol. The summed E-state index contributed by atoms with van der Waals surface area (Å²) >= 11 is 0. The number of pyridine rings is 1. The van der Waals surface area contributed by atoms with Crippen LogP contribution in [-0.2, 0) is 0 Å². The van der Waals surface area contributed by atoms with E-state index in [1.54, 1.807) is 42.5 Å². The van der Waals surface area contributed by atoms with Crippen LogP contribution in [0.4, 0.5) is 8.78 Å². The first-order valence-corrected chi connectivity index (χ1v) is 7.92. The van der Waals surface area contributed by atoms with Crippen LogP contribution < -0.4 is 9.47 Å². The minimum atomic E-state index is -2.97. The van der Waals surface area contributed by atoms with Gasteiger partial charge in [0.25, 0.3) is 0 Å². The summed E-state index contributed by atoms with van der Waals surface area (Å²) in [6, 6.07) is 13.0. The third-order valence-electron chi connectivity index (χ3n) is 3.82. The number of carboxylic acid groups (broad SMARTS) is 1. The van der Waals surface area contributed by atoms with Gasteiger partial charge in [0.05, 0.1) is 23.9 Å². The highest BCUT2D eigenvalue weighted by atomic mass is 19.3. The van der Waals surface area contributed by atoms with Crippen LogP contribution in [-0.4, -0.2) is 29.8 Å². The zero-order chi connectivity index (χ0) is 19.4. The highest BCUT2D eigenvalue weighted by molar-refractivity contribution is 6.03. The van der Waals surface area contributed by atoms with E-state index in [1.165, 1.54) is 25.3 Å². The van der Waals surface area contributed by atoms with Crippen molar-refractivity contribution in [3.8, 4) is 11.5 Å². The summed E-state index contributed by atoms with van der Waals surface area (Å²) in [5, 5.41) is 9.96. The van der Waals surface area contributed by atoms with E-state index in [0.29, 0.717) is 22.2 Å². The Hall–Kier alpha value is -3.48. The van der Waals surface area contributed by atoms with Crippen LogP contribution >= 0.6 is 0 Å². The standard InChI is InChI=1S/C20H15F2NO4/c1-26-17-9-7-12(10-18(17)27-20(21)22)6-8-13-11-15(19(24)25)14-4-2-3-5-16(14)23-13/h2-11,20H,1H3,(H,24,25)/b8-6+. The second-order valence-corrected chi connectivity index (χ2v) is 5.54. The Morgan fingerprint density at radius 1 is 1.11 bits per heavy atom. The lowest BCUT2D eigenvalue weighted by atomic mass is 10.1. The van der Waals surface area contributed by atoms with Crippen molar-refractivity contribution in [3.05, 3.63) is 65.4 Å². The third kappa shape index (κ3) is 4.20. The smallest absolute Gasteiger partial charge is 0.387 e. The molecule has 0 aliphatic rings. The fourth-order valence-electron chi connectivity index (χ4n) is 2.62. The van der Waals surface area contributed by atoms with Crippen molar-refractivity contribution in [1.29, 1.82) is 0 Å². The number of halogens is 2. The molecule has 0 bridgehead atoms. The van der Waals surface area contributed by atoms with Crippen molar-refractivity contribution in [1.82, 2.24) is 4.98 Å². The first kappa shape index (κ1) is 18.3. The van der Waals surface area contributed by atoms with Gasteiger partial charge in [0, 0.05) is 5.39 Å². The van der Waals surface area contributed by atoms with Crippen LogP contribution in [0.15, 0.2) is 48.5 Å². The van der Waals surface area contributed by atoms with E-state index in [4.69, 9.17) is 4.74 Å². The summed E-state index contributed by atoms with van der Waals surface area (Å²) in [5.74, 6) is -0.961. The van der Waals surface area contributed by atoms with Crippen molar-refractivity contribution < 1.29 is 28.2 Å². The van der Waals surface area contributed by atoms with Crippen molar-refractivity contribution in [2.45, 2.75) is 6.61 Å². The highest BCUT2D eigenvalue weighted by Gasteiger charge is 2.12. The lowest BCUT2D eigenvalue weighted by molar-refractivity contribution is -0.0512. The van der Waals surface area contributed by atoms with Gasteiger partial charge < -0.3 is 14.6 Å². The van der Waals surface area contributed by atoms with E-state index < -0.39 is 12.6 Å². The lowest BCUT2D eigenvalue weighted by Crippen LogP contribution is -2.03. The van der Waals surface area contributed by atoms with Gasteiger partial charge in [0.2, 0.25) is 0 Å². The van der Waals surface area contributed by atoms with E-state index in [-0.39, 0.29) is 17.1 Å².